The van der Waals surface area contributed by atoms with Crippen molar-refractivity contribution in [3.8, 4) is 22.8 Å². The molecule has 2 aromatic rings. The fourth-order valence-electron chi connectivity index (χ4n) is 2.56. The van der Waals surface area contributed by atoms with Crippen LogP contribution in [-0.4, -0.2) is 34.6 Å². The molecule has 0 radical (unpaired) electrons. The monoisotopic (exact) mass is 274 g/mol. The van der Waals surface area contributed by atoms with Gasteiger partial charge in [-0.15, -0.1) is 0 Å². The first-order valence-corrected chi connectivity index (χ1v) is 6.22. The minimum Gasteiger partial charge on any atom is -0.493 e. The minimum atomic E-state index is -0.979. The number of aromatic carboxylic acids is 1. The maximum Gasteiger partial charge on any atom is 0.354 e. The molecule has 6 heteroatoms. The number of methoxy groups -OCH3 is 1. The number of hydrogen-bond acceptors (Lipinski definition) is 4. The highest BCUT2D eigenvalue weighted by Gasteiger charge is 2.27. The summed E-state index contributed by atoms with van der Waals surface area (Å²) in [4.78, 5) is 11.4. The summed E-state index contributed by atoms with van der Waals surface area (Å²) in [6.07, 6.45) is 0.503. The van der Waals surface area contributed by atoms with E-state index in [0.29, 0.717) is 35.8 Å². The maximum absolute atomic E-state index is 11.4. The molecule has 0 fully saturated rings. The zero-order chi connectivity index (χ0) is 14.3. The third kappa shape index (κ3) is 1.72. The molecule has 0 saturated carbocycles. The summed E-state index contributed by atoms with van der Waals surface area (Å²) in [5.41, 5.74) is 2.32. The van der Waals surface area contributed by atoms with Crippen molar-refractivity contribution in [1.29, 1.82) is 0 Å². The summed E-state index contributed by atoms with van der Waals surface area (Å²) < 4.78 is 12.4. The lowest BCUT2D eigenvalue weighted by molar-refractivity contribution is 0.0683. The zero-order valence-corrected chi connectivity index (χ0v) is 11.2. The van der Waals surface area contributed by atoms with Gasteiger partial charge in [0.25, 0.3) is 0 Å². The van der Waals surface area contributed by atoms with Crippen LogP contribution in [0.15, 0.2) is 18.2 Å². The molecule has 2 heterocycles. The van der Waals surface area contributed by atoms with Gasteiger partial charge in [-0.3, -0.25) is 4.68 Å². The molecular weight excluding hydrogens is 260 g/mol. The number of aryl methyl sites for hydroxylation is 1. The van der Waals surface area contributed by atoms with Gasteiger partial charge >= 0.3 is 5.97 Å². The Hall–Kier alpha value is -2.50. The van der Waals surface area contributed by atoms with E-state index in [0.717, 1.165) is 5.56 Å². The Morgan fingerprint density at radius 1 is 1.50 bits per heavy atom. The van der Waals surface area contributed by atoms with E-state index >= 15 is 0 Å². The van der Waals surface area contributed by atoms with Gasteiger partial charge in [0.1, 0.15) is 11.4 Å². The smallest absolute Gasteiger partial charge is 0.354 e. The van der Waals surface area contributed by atoms with Gasteiger partial charge in [0, 0.05) is 24.6 Å². The predicted octanol–water partition coefficient (Wildman–Crippen LogP) is 1.73. The van der Waals surface area contributed by atoms with E-state index in [2.05, 4.69) is 5.10 Å². The Morgan fingerprint density at radius 2 is 2.30 bits per heavy atom. The number of carboxylic acid groups (broad SMARTS) is 1. The van der Waals surface area contributed by atoms with Gasteiger partial charge < -0.3 is 14.6 Å². The van der Waals surface area contributed by atoms with Crippen LogP contribution in [0.4, 0.5) is 0 Å². The number of carboxylic acids is 1. The van der Waals surface area contributed by atoms with Crippen LogP contribution in [0.3, 0.4) is 0 Å². The summed E-state index contributed by atoms with van der Waals surface area (Å²) in [7, 11) is 3.21. The number of aromatic nitrogens is 2. The van der Waals surface area contributed by atoms with Crippen LogP contribution in [0.2, 0.25) is 0 Å². The molecule has 1 aromatic heterocycles. The van der Waals surface area contributed by atoms with Gasteiger partial charge in [-0.05, 0) is 12.1 Å². The van der Waals surface area contributed by atoms with Crippen LogP contribution < -0.4 is 9.47 Å². The Balaban J connectivity index is 2.28. The number of rotatable bonds is 2. The first-order chi connectivity index (χ1) is 9.63. The summed E-state index contributed by atoms with van der Waals surface area (Å²) in [6.45, 7) is 0.395. The summed E-state index contributed by atoms with van der Waals surface area (Å²) in [6, 6.07) is 5.51. The first-order valence-electron chi connectivity index (χ1n) is 6.22. The molecule has 0 bridgehead atoms. The Morgan fingerprint density at radius 3 is 3.00 bits per heavy atom. The second kappa shape index (κ2) is 4.56. The average Bonchev–Trinajstić information content (AvgIpc) is 2.65. The maximum atomic E-state index is 11.4. The van der Waals surface area contributed by atoms with E-state index in [1.54, 1.807) is 14.2 Å². The highest BCUT2D eigenvalue weighted by atomic mass is 16.5. The molecule has 0 atom stereocenters. The molecule has 3 rings (SSSR count). The van der Waals surface area contributed by atoms with E-state index < -0.39 is 5.97 Å². The lowest BCUT2D eigenvalue weighted by atomic mass is 10.0. The van der Waals surface area contributed by atoms with Gasteiger partial charge in [0.05, 0.1) is 13.7 Å². The Bertz CT molecular complexity index is 691. The van der Waals surface area contributed by atoms with Crippen LogP contribution >= 0.6 is 0 Å². The predicted molar refractivity (Wildman–Crippen MR) is 71.4 cm³/mol. The molecule has 1 N–H and O–H groups in total. The summed E-state index contributed by atoms with van der Waals surface area (Å²) in [5, 5.41) is 13.7. The SMILES string of the molecule is COc1cccc2c1OCCc1c-2nn(C)c1C(=O)O. The van der Waals surface area contributed by atoms with Crippen molar-refractivity contribution < 1.29 is 19.4 Å². The highest BCUT2D eigenvalue weighted by molar-refractivity contribution is 5.91. The third-order valence-electron chi connectivity index (χ3n) is 3.40. The fraction of sp³-hybridized carbons (Fsp3) is 0.286. The van der Waals surface area contributed by atoms with E-state index in [-0.39, 0.29) is 5.69 Å². The Labute approximate surface area is 115 Å². The van der Waals surface area contributed by atoms with Gasteiger partial charge in [-0.2, -0.15) is 5.10 Å². The number of fused-ring (bicyclic) bond motifs is 3. The fourth-order valence-corrected chi connectivity index (χ4v) is 2.56. The summed E-state index contributed by atoms with van der Waals surface area (Å²) >= 11 is 0. The van der Waals surface area contributed by atoms with Crippen molar-refractivity contribution in [2.45, 2.75) is 6.42 Å². The van der Waals surface area contributed by atoms with Gasteiger partial charge in [-0.25, -0.2) is 4.79 Å². The van der Waals surface area contributed by atoms with E-state index in [1.165, 1.54) is 4.68 Å². The topological polar surface area (TPSA) is 73.6 Å². The molecule has 1 aliphatic rings. The molecular formula is C14H14N2O4. The average molecular weight is 274 g/mol. The van der Waals surface area contributed by atoms with E-state index in [4.69, 9.17) is 9.47 Å². The molecule has 20 heavy (non-hydrogen) atoms. The highest BCUT2D eigenvalue weighted by Crippen LogP contribution is 2.41. The van der Waals surface area contributed by atoms with Crippen molar-refractivity contribution >= 4 is 5.97 Å². The molecule has 0 aliphatic carbocycles. The molecule has 0 unspecified atom stereocenters. The van der Waals surface area contributed by atoms with Crippen LogP contribution in [0.5, 0.6) is 11.5 Å². The molecule has 0 saturated heterocycles. The van der Waals surface area contributed by atoms with E-state index in [9.17, 15) is 9.90 Å². The van der Waals surface area contributed by atoms with Crippen LogP contribution in [0, 0.1) is 0 Å². The number of para-hydroxylation sites is 1. The van der Waals surface area contributed by atoms with Crippen molar-refractivity contribution in [1.82, 2.24) is 9.78 Å². The van der Waals surface area contributed by atoms with E-state index in [1.807, 2.05) is 18.2 Å². The van der Waals surface area contributed by atoms with Crippen molar-refractivity contribution in [3.63, 3.8) is 0 Å². The molecule has 1 aliphatic heterocycles. The minimum absolute atomic E-state index is 0.208. The second-order valence-electron chi connectivity index (χ2n) is 4.54. The molecule has 6 nitrogen and oxygen atoms in total. The van der Waals surface area contributed by atoms with Crippen molar-refractivity contribution in [3.05, 3.63) is 29.5 Å². The standard InChI is InChI=1S/C14H14N2O4/c1-16-12(14(17)18)8-6-7-20-13-9(11(8)15-16)4-3-5-10(13)19-2/h3-5H,6-7H2,1-2H3,(H,17,18). The lowest BCUT2D eigenvalue weighted by Gasteiger charge is -2.11. The number of ether oxygens (including phenoxy) is 2. The molecule has 104 valence electrons. The van der Waals surface area contributed by atoms with Crippen LogP contribution in [0.1, 0.15) is 16.1 Å². The number of benzene rings is 1. The number of nitrogens with zero attached hydrogens (tertiary/aromatic N) is 2. The Kier molecular flexibility index (Phi) is 2.85. The van der Waals surface area contributed by atoms with Crippen LogP contribution in [-0.2, 0) is 13.5 Å². The second-order valence-corrected chi connectivity index (χ2v) is 4.54. The summed E-state index contributed by atoms with van der Waals surface area (Å²) in [5.74, 6) is 0.259. The van der Waals surface area contributed by atoms with Gasteiger partial charge in [0.2, 0.25) is 0 Å². The first kappa shape index (κ1) is 12.5. The van der Waals surface area contributed by atoms with Gasteiger partial charge in [0.15, 0.2) is 11.5 Å². The van der Waals surface area contributed by atoms with Gasteiger partial charge in [-0.1, -0.05) is 6.07 Å². The molecule has 1 aromatic carbocycles. The van der Waals surface area contributed by atoms with Crippen molar-refractivity contribution in [2.24, 2.45) is 7.05 Å². The van der Waals surface area contributed by atoms with Crippen molar-refractivity contribution in [2.75, 3.05) is 13.7 Å². The largest absolute Gasteiger partial charge is 0.493 e. The number of carbonyl (C=O) groups is 1. The zero-order valence-electron chi connectivity index (χ0n) is 11.2. The third-order valence-corrected chi connectivity index (χ3v) is 3.40. The normalized spacial score (nSPS) is 12.9. The lowest BCUT2D eigenvalue weighted by Crippen LogP contribution is -2.10. The van der Waals surface area contributed by atoms with Crippen LogP contribution in [0.25, 0.3) is 11.3 Å². The quantitative estimate of drug-likeness (QED) is 0.902. The molecule has 0 spiro atoms. The molecule has 0 amide bonds. The number of hydrogen-bond donors (Lipinski definition) is 1.